The van der Waals surface area contributed by atoms with Crippen LogP contribution in [0.2, 0.25) is 5.02 Å². The van der Waals surface area contributed by atoms with E-state index in [-0.39, 0.29) is 17.4 Å². The molecule has 2 aromatic carbocycles. The van der Waals surface area contributed by atoms with Gasteiger partial charge in [-0.3, -0.25) is 14.1 Å². The molecule has 2 amide bonds. The molecule has 2 aromatic rings. The molecule has 1 fully saturated rings. The maximum absolute atomic E-state index is 13.2. The Morgan fingerprint density at radius 3 is 2.33 bits per heavy atom. The Morgan fingerprint density at radius 1 is 1.12 bits per heavy atom. The van der Waals surface area contributed by atoms with Gasteiger partial charge in [-0.25, -0.2) is 0 Å². The number of amides is 2. The molecule has 0 saturated carbocycles. The van der Waals surface area contributed by atoms with Crippen LogP contribution in [-0.4, -0.2) is 48.8 Å². The minimum Gasteiger partial charge on any atom is -0.341 e. The van der Waals surface area contributed by atoms with Gasteiger partial charge in [-0.1, -0.05) is 49.7 Å². The highest BCUT2D eigenvalue weighted by atomic mass is 35.5. The monoisotopic (exact) mass is 492 g/mol. The summed E-state index contributed by atoms with van der Waals surface area (Å²) >= 11 is 5.98. The number of halogens is 1. The van der Waals surface area contributed by atoms with Crippen molar-refractivity contribution in [2.75, 3.05) is 13.1 Å². The van der Waals surface area contributed by atoms with E-state index in [9.17, 15) is 18.0 Å². The SMILES string of the molecule is CC(C)[C@@H](NC(=O)c1cccc(CS(=O)(=O)O)c1)C(=O)N1CCC(c2ccc(Cl)cc2)CC1. The summed E-state index contributed by atoms with van der Waals surface area (Å²) < 4.78 is 31.3. The first kappa shape index (κ1) is 25.2. The fourth-order valence-corrected chi connectivity index (χ4v) is 4.84. The van der Waals surface area contributed by atoms with Crippen molar-refractivity contribution in [2.45, 2.75) is 44.4 Å². The zero-order valence-corrected chi connectivity index (χ0v) is 20.3. The van der Waals surface area contributed by atoms with Crippen LogP contribution in [0.4, 0.5) is 0 Å². The Labute approximate surface area is 199 Å². The molecule has 1 atom stereocenters. The summed E-state index contributed by atoms with van der Waals surface area (Å²) in [6.07, 6.45) is 1.67. The zero-order chi connectivity index (χ0) is 24.2. The lowest BCUT2D eigenvalue weighted by atomic mass is 9.89. The van der Waals surface area contributed by atoms with Crippen LogP contribution in [0.15, 0.2) is 48.5 Å². The third-order valence-corrected chi connectivity index (χ3v) is 6.86. The minimum absolute atomic E-state index is 0.123. The number of benzene rings is 2. The molecule has 0 radical (unpaired) electrons. The second-order valence-electron chi connectivity index (χ2n) is 8.77. The van der Waals surface area contributed by atoms with Crippen LogP contribution in [0.1, 0.15) is 54.1 Å². The molecule has 0 spiro atoms. The fourth-order valence-electron chi connectivity index (χ4n) is 4.12. The summed E-state index contributed by atoms with van der Waals surface area (Å²) in [5.41, 5.74) is 1.74. The Hall–Kier alpha value is -2.42. The molecule has 178 valence electrons. The lowest BCUT2D eigenvalue weighted by molar-refractivity contribution is -0.135. The van der Waals surface area contributed by atoms with Gasteiger partial charge in [0.1, 0.15) is 11.8 Å². The third-order valence-electron chi connectivity index (χ3n) is 5.91. The van der Waals surface area contributed by atoms with E-state index in [1.807, 2.05) is 38.1 Å². The van der Waals surface area contributed by atoms with Crippen molar-refractivity contribution in [3.8, 4) is 0 Å². The molecule has 0 aliphatic carbocycles. The maximum atomic E-state index is 13.2. The lowest BCUT2D eigenvalue weighted by Crippen LogP contribution is -2.52. The summed E-state index contributed by atoms with van der Waals surface area (Å²) in [4.78, 5) is 27.9. The number of hydrogen-bond acceptors (Lipinski definition) is 4. The molecular weight excluding hydrogens is 464 g/mol. The first-order valence-electron chi connectivity index (χ1n) is 10.9. The number of nitrogens with zero attached hydrogens (tertiary/aromatic N) is 1. The van der Waals surface area contributed by atoms with Gasteiger partial charge in [0.2, 0.25) is 5.91 Å². The number of nitrogens with one attached hydrogen (secondary N) is 1. The molecule has 33 heavy (non-hydrogen) atoms. The van der Waals surface area contributed by atoms with E-state index in [4.69, 9.17) is 16.2 Å². The number of hydrogen-bond donors (Lipinski definition) is 2. The molecule has 0 aromatic heterocycles. The Balaban J connectivity index is 1.64. The van der Waals surface area contributed by atoms with Crippen molar-refractivity contribution in [1.82, 2.24) is 10.2 Å². The number of rotatable bonds is 7. The van der Waals surface area contributed by atoms with Crippen LogP contribution in [0.5, 0.6) is 0 Å². The van der Waals surface area contributed by atoms with Gasteiger partial charge in [0, 0.05) is 23.7 Å². The standard InChI is InChI=1S/C24H29ClN2O5S/c1-16(2)22(26-23(28)20-5-3-4-17(14-20)15-33(30,31)32)24(29)27-12-10-19(11-13-27)18-6-8-21(25)9-7-18/h3-9,14,16,19,22H,10-13,15H2,1-2H3,(H,26,28)(H,30,31,32)/t22-/m1/s1. The molecule has 2 N–H and O–H groups in total. The first-order chi connectivity index (χ1) is 15.5. The Kier molecular flexibility index (Phi) is 8.15. The van der Waals surface area contributed by atoms with Crippen molar-refractivity contribution in [3.05, 3.63) is 70.2 Å². The maximum Gasteiger partial charge on any atom is 0.269 e. The fraction of sp³-hybridized carbons (Fsp3) is 0.417. The molecule has 1 aliphatic heterocycles. The van der Waals surface area contributed by atoms with Gasteiger partial charge >= 0.3 is 0 Å². The summed E-state index contributed by atoms with van der Waals surface area (Å²) in [6.45, 7) is 4.96. The molecule has 0 unspecified atom stereocenters. The summed E-state index contributed by atoms with van der Waals surface area (Å²) in [5.74, 6) is -0.930. The van der Waals surface area contributed by atoms with E-state index >= 15 is 0 Å². The van der Waals surface area contributed by atoms with E-state index < -0.39 is 27.8 Å². The molecule has 0 bridgehead atoms. The van der Waals surface area contributed by atoms with Crippen LogP contribution in [0, 0.1) is 5.92 Å². The predicted molar refractivity (Wildman–Crippen MR) is 128 cm³/mol. The molecule has 1 heterocycles. The normalized spacial score (nSPS) is 16.0. The lowest BCUT2D eigenvalue weighted by Gasteiger charge is -2.35. The largest absolute Gasteiger partial charge is 0.341 e. The van der Waals surface area contributed by atoms with E-state index in [2.05, 4.69) is 5.32 Å². The summed E-state index contributed by atoms with van der Waals surface area (Å²) in [5, 5.41) is 3.51. The third kappa shape index (κ3) is 7.03. The van der Waals surface area contributed by atoms with Crippen LogP contribution in [-0.2, 0) is 20.7 Å². The summed E-state index contributed by atoms with van der Waals surface area (Å²) in [7, 11) is -4.21. The van der Waals surface area contributed by atoms with Crippen molar-refractivity contribution < 1.29 is 22.6 Å². The van der Waals surface area contributed by atoms with Crippen LogP contribution in [0.25, 0.3) is 0 Å². The molecule has 3 rings (SSSR count). The van der Waals surface area contributed by atoms with Crippen molar-refractivity contribution in [1.29, 1.82) is 0 Å². The molecule has 1 saturated heterocycles. The van der Waals surface area contributed by atoms with E-state index in [1.54, 1.807) is 17.0 Å². The van der Waals surface area contributed by atoms with Crippen molar-refractivity contribution >= 4 is 33.5 Å². The minimum atomic E-state index is -4.21. The first-order valence-corrected chi connectivity index (χ1v) is 12.9. The quantitative estimate of drug-likeness (QED) is 0.571. The van der Waals surface area contributed by atoms with Gasteiger partial charge in [-0.05, 0) is 60.1 Å². The van der Waals surface area contributed by atoms with Gasteiger partial charge in [-0.2, -0.15) is 8.42 Å². The van der Waals surface area contributed by atoms with E-state index in [0.717, 1.165) is 12.8 Å². The number of piperidine rings is 1. The smallest absolute Gasteiger partial charge is 0.269 e. The Morgan fingerprint density at radius 2 is 1.76 bits per heavy atom. The molecule has 9 heteroatoms. The second-order valence-corrected chi connectivity index (χ2v) is 10.7. The van der Waals surface area contributed by atoms with Crippen LogP contribution >= 0.6 is 11.6 Å². The van der Waals surface area contributed by atoms with E-state index in [0.29, 0.717) is 29.6 Å². The van der Waals surface area contributed by atoms with Gasteiger partial charge in [0.15, 0.2) is 0 Å². The average Bonchev–Trinajstić information content (AvgIpc) is 2.76. The van der Waals surface area contributed by atoms with E-state index in [1.165, 1.54) is 17.7 Å². The molecule has 1 aliphatic rings. The number of carbonyl (C=O) groups is 2. The molecular formula is C24H29ClN2O5S. The highest BCUT2D eigenvalue weighted by Gasteiger charge is 2.31. The van der Waals surface area contributed by atoms with Crippen molar-refractivity contribution in [2.24, 2.45) is 5.92 Å². The van der Waals surface area contributed by atoms with Gasteiger partial charge in [0.05, 0.1) is 0 Å². The zero-order valence-electron chi connectivity index (χ0n) is 18.7. The highest BCUT2D eigenvalue weighted by molar-refractivity contribution is 7.85. The van der Waals surface area contributed by atoms with Crippen LogP contribution < -0.4 is 5.32 Å². The van der Waals surface area contributed by atoms with Crippen molar-refractivity contribution in [3.63, 3.8) is 0 Å². The average molecular weight is 493 g/mol. The van der Waals surface area contributed by atoms with Crippen LogP contribution in [0.3, 0.4) is 0 Å². The second kappa shape index (κ2) is 10.7. The number of likely N-dealkylation sites (tertiary alicyclic amines) is 1. The highest BCUT2D eigenvalue weighted by Crippen LogP contribution is 2.29. The topological polar surface area (TPSA) is 104 Å². The molecule has 7 nitrogen and oxygen atoms in total. The predicted octanol–water partition coefficient (Wildman–Crippen LogP) is 3.89. The van der Waals surface area contributed by atoms with Gasteiger partial charge in [-0.15, -0.1) is 0 Å². The summed E-state index contributed by atoms with van der Waals surface area (Å²) in [6, 6.07) is 13.1. The number of carbonyl (C=O) groups excluding carboxylic acids is 2. The van der Waals surface area contributed by atoms with Gasteiger partial charge < -0.3 is 10.2 Å². The van der Waals surface area contributed by atoms with Gasteiger partial charge in [0.25, 0.3) is 16.0 Å². The Bertz CT molecular complexity index is 1090.